The first kappa shape index (κ1) is 29.6. The van der Waals surface area contributed by atoms with E-state index < -0.39 is 24.9 Å². The van der Waals surface area contributed by atoms with Crippen molar-refractivity contribution >= 4 is 22.5 Å². The monoisotopic (exact) mass is 591 g/mol. The van der Waals surface area contributed by atoms with Gasteiger partial charge in [0, 0.05) is 37.1 Å². The molecule has 42 heavy (non-hydrogen) atoms. The summed E-state index contributed by atoms with van der Waals surface area (Å²) in [5.74, 6) is -0.430. The van der Waals surface area contributed by atoms with Crippen LogP contribution < -0.4 is 16.0 Å². The Bertz CT molecular complexity index is 1540. The van der Waals surface area contributed by atoms with Crippen LogP contribution in [0.1, 0.15) is 36.5 Å². The summed E-state index contributed by atoms with van der Waals surface area (Å²) >= 11 is 0. The molecule has 1 aliphatic heterocycles. The zero-order valence-corrected chi connectivity index (χ0v) is 23.5. The number of rotatable bonds is 10. The van der Waals surface area contributed by atoms with E-state index in [0.29, 0.717) is 42.8 Å². The number of alkyl halides is 4. The van der Waals surface area contributed by atoms with Gasteiger partial charge < -0.3 is 34.3 Å². The molecule has 2 atom stereocenters. The number of amides is 1. The number of halogens is 4. The third kappa shape index (κ3) is 6.44. The molecule has 1 amide bonds. The number of fused-ring (bicyclic) bond motifs is 1. The summed E-state index contributed by atoms with van der Waals surface area (Å²) in [5, 5.41) is 13.3. The van der Waals surface area contributed by atoms with Crippen LogP contribution in [0.15, 0.2) is 47.2 Å². The number of hydrogen-bond acceptors (Lipinski definition) is 7. The minimum absolute atomic E-state index is 0.0215. The zero-order valence-electron chi connectivity index (χ0n) is 23.5. The van der Waals surface area contributed by atoms with E-state index in [1.807, 2.05) is 18.4 Å². The minimum atomic E-state index is -4.53. The highest BCUT2D eigenvalue weighted by Crippen LogP contribution is 2.34. The number of carbonyl (C=O) groups is 1. The SMILES string of the molecule is COCC(C)(C)n1ccc(C(=O)NCc2nc(-c3cc4c(N[C@@H]5CNCC[C@@H]5F)cccc4n3CC(F)(F)F)no2)c1. The van der Waals surface area contributed by atoms with Gasteiger partial charge >= 0.3 is 6.18 Å². The molecule has 5 rings (SSSR count). The Hall–Kier alpha value is -3.91. The maximum Gasteiger partial charge on any atom is 0.406 e. The molecule has 4 aromatic rings. The Kier molecular flexibility index (Phi) is 8.28. The normalized spacial score (nSPS) is 18.0. The molecule has 0 bridgehead atoms. The van der Waals surface area contributed by atoms with Gasteiger partial charge in [-0.25, -0.2) is 4.39 Å². The van der Waals surface area contributed by atoms with Crippen LogP contribution in [0.5, 0.6) is 0 Å². The lowest BCUT2D eigenvalue weighted by molar-refractivity contribution is -0.139. The van der Waals surface area contributed by atoms with E-state index in [1.165, 1.54) is 6.07 Å². The van der Waals surface area contributed by atoms with Crippen molar-refractivity contribution in [3.63, 3.8) is 0 Å². The zero-order chi connectivity index (χ0) is 30.1. The Morgan fingerprint density at radius 1 is 1.26 bits per heavy atom. The van der Waals surface area contributed by atoms with Gasteiger partial charge in [0.05, 0.1) is 41.5 Å². The van der Waals surface area contributed by atoms with Crippen LogP contribution in [0.25, 0.3) is 22.4 Å². The van der Waals surface area contributed by atoms with E-state index in [9.17, 15) is 22.4 Å². The van der Waals surface area contributed by atoms with Gasteiger partial charge in [-0.05, 0) is 51.1 Å². The molecule has 0 spiro atoms. The number of benzene rings is 1. The average Bonchev–Trinajstić information content (AvgIpc) is 3.68. The summed E-state index contributed by atoms with van der Waals surface area (Å²) in [6.07, 6.45) is -1.81. The number of nitrogens with zero attached hydrogens (tertiary/aromatic N) is 4. The van der Waals surface area contributed by atoms with Gasteiger partial charge in [0.25, 0.3) is 5.91 Å². The molecule has 0 unspecified atom stereocenters. The molecule has 14 heteroatoms. The highest BCUT2D eigenvalue weighted by Gasteiger charge is 2.32. The topological polar surface area (TPSA) is 111 Å². The predicted molar refractivity (Wildman–Crippen MR) is 148 cm³/mol. The molecule has 10 nitrogen and oxygen atoms in total. The van der Waals surface area contributed by atoms with Gasteiger partial charge in [-0.3, -0.25) is 4.79 Å². The van der Waals surface area contributed by atoms with Crippen molar-refractivity contribution < 1.29 is 31.6 Å². The van der Waals surface area contributed by atoms with Crippen LogP contribution >= 0.6 is 0 Å². The maximum absolute atomic E-state index is 14.5. The number of ether oxygens (including phenoxy) is 1. The third-order valence-corrected chi connectivity index (χ3v) is 7.27. The summed E-state index contributed by atoms with van der Waals surface area (Å²) in [6.45, 7) is 3.93. The van der Waals surface area contributed by atoms with Crippen LogP contribution in [0.3, 0.4) is 0 Å². The minimum Gasteiger partial charge on any atom is -0.382 e. The molecule has 1 aliphatic rings. The van der Waals surface area contributed by atoms with Gasteiger partial charge in [-0.1, -0.05) is 11.2 Å². The van der Waals surface area contributed by atoms with Gasteiger partial charge in [0.2, 0.25) is 11.7 Å². The van der Waals surface area contributed by atoms with Crippen molar-refractivity contribution in [3.8, 4) is 11.5 Å². The summed E-state index contributed by atoms with van der Waals surface area (Å²) in [7, 11) is 1.60. The molecule has 1 fully saturated rings. The molecule has 0 radical (unpaired) electrons. The van der Waals surface area contributed by atoms with Crippen molar-refractivity contribution in [3.05, 3.63) is 54.2 Å². The Morgan fingerprint density at radius 2 is 2.07 bits per heavy atom. The number of hydrogen-bond donors (Lipinski definition) is 3. The lowest BCUT2D eigenvalue weighted by Crippen LogP contribution is -2.46. The van der Waals surface area contributed by atoms with Gasteiger partial charge in [-0.15, -0.1) is 0 Å². The highest BCUT2D eigenvalue weighted by molar-refractivity contribution is 5.96. The van der Waals surface area contributed by atoms with Crippen LogP contribution in [0.2, 0.25) is 0 Å². The summed E-state index contributed by atoms with van der Waals surface area (Å²) < 4.78 is 68.9. The molecule has 3 N–H and O–H groups in total. The smallest absolute Gasteiger partial charge is 0.382 e. The lowest BCUT2D eigenvalue weighted by atomic mass is 10.0. The standard InChI is InChI=1S/C28H33F4N7O3/c1-27(2,16-41-3)38-10-8-17(14-38)26(40)34-13-24-36-25(37-42-24)23-11-18-20(35-21-12-33-9-7-19(21)29)5-4-6-22(18)39(23)15-28(30,31)32/h4-6,8,10-11,14,19,21,33,35H,7,9,12-13,15-16H2,1-3H3,(H,34,40)/t19-,21+/m0/s1. The quantitative estimate of drug-likeness (QED) is 0.233. The maximum atomic E-state index is 14.5. The van der Waals surface area contributed by atoms with E-state index in [1.54, 1.807) is 43.8 Å². The lowest BCUT2D eigenvalue weighted by Gasteiger charge is -2.28. The number of nitrogens with one attached hydrogen (secondary N) is 3. The Morgan fingerprint density at radius 3 is 2.81 bits per heavy atom. The highest BCUT2D eigenvalue weighted by atomic mass is 19.4. The van der Waals surface area contributed by atoms with Crippen molar-refractivity contribution in [1.82, 2.24) is 29.9 Å². The van der Waals surface area contributed by atoms with Crippen LogP contribution in [-0.4, -0.2) is 70.4 Å². The fourth-order valence-corrected chi connectivity index (χ4v) is 5.14. The van der Waals surface area contributed by atoms with Gasteiger partial charge in [0.15, 0.2) is 0 Å². The Balaban J connectivity index is 1.37. The van der Waals surface area contributed by atoms with E-state index in [2.05, 4.69) is 26.1 Å². The summed E-state index contributed by atoms with van der Waals surface area (Å²) in [5.41, 5.74) is 0.913. The van der Waals surface area contributed by atoms with Crippen LogP contribution in [0.4, 0.5) is 23.2 Å². The van der Waals surface area contributed by atoms with Crippen LogP contribution in [0, 0.1) is 0 Å². The predicted octanol–water partition coefficient (Wildman–Crippen LogP) is 4.48. The van der Waals surface area contributed by atoms with Crippen molar-refractivity contribution in [2.75, 3.05) is 32.1 Å². The molecular weight excluding hydrogens is 558 g/mol. The molecule has 0 aliphatic carbocycles. The first-order valence-corrected chi connectivity index (χ1v) is 13.5. The van der Waals surface area contributed by atoms with Crippen LogP contribution in [-0.2, 0) is 23.4 Å². The summed E-state index contributed by atoms with van der Waals surface area (Å²) in [4.78, 5) is 17.0. The van der Waals surface area contributed by atoms with Crippen molar-refractivity contribution in [2.24, 2.45) is 0 Å². The molecule has 0 saturated carbocycles. The molecule has 1 aromatic carbocycles. The number of aromatic nitrogens is 4. The second kappa shape index (κ2) is 11.8. The van der Waals surface area contributed by atoms with E-state index >= 15 is 0 Å². The largest absolute Gasteiger partial charge is 0.406 e. The fraction of sp³-hybridized carbons (Fsp3) is 0.464. The average molecular weight is 592 g/mol. The second-order valence-electron chi connectivity index (χ2n) is 11.0. The fourth-order valence-electron chi connectivity index (χ4n) is 5.14. The van der Waals surface area contributed by atoms with E-state index in [4.69, 9.17) is 9.26 Å². The number of piperidine rings is 1. The molecule has 3 aromatic heterocycles. The molecular formula is C28H33F4N7O3. The van der Waals surface area contributed by atoms with Gasteiger partial charge in [-0.2, -0.15) is 18.2 Å². The first-order valence-electron chi connectivity index (χ1n) is 13.5. The van der Waals surface area contributed by atoms with Crippen molar-refractivity contribution in [1.29, 1.82) is 0 Å². The van der Waals surface area contributed by atoms with Gasteiger partial charge in [0.1, 0.15) is 12.7 Å². The van der Waals surface area contributed by atoms with Crippen molar-refractivity contribution in [2.45, 2.75) is 57.3 Å². The van der Waals surface area contributed by atoms with E-state index in [-0.39, 0.29) is 40.9 Å². The second-order valence-corrected chi connectivity index (χ2v) is 11.0. The number of carbonyl (C=O) groups excluding carboxylic acids is 1. The first-order chi connectivity index (χ1) is 19.9. The summed E-state index contributed by atoms with van der Waals surface area (Å²) in [6, 6.07) is 7.55. The Labute approximate surface area is 239 Å². The molecule has 226 valence electrons. The third-order valence-electron chi connectivity index (χ3n) is 7.27. The molecule has 1 saturated heterocycles. The number of anilines is 1. The van der Waals surface area contributed by atoms with E-state index in [0.717, 1.165) is 4.57 Å². The molecule has 4 heterocycles. The number of methoxy groups -OCH3 is 1.